The van der Waals surface area contributed by atoms with Crippen LogP contribution in [0.25, 0.3) is 0 Å². The number of aromatic hydroxyl groups is 1. The Morgan fingerprint density at radius 2 is 1.61 bits per heavy atom. The lowest BCUT2D eigenvalue weighted by atomic mass is 9.77. The van der Waals surface area contributed by atoms with Crippen LogP contribution >= 0.6 is 0 Å². The second-order valence-corrected chi connectivity index (χ2v) is 12.2. The van der Waals surface area contributed by atoms with Crippen molar-refractivity contribution in [3.63, 3.8) is 0 Å². The minimum absolute atomic E-state index is 0.00140. The Morgan fingerprint density at radius 1 is 1.02 bits per heavy atom. The Bertz CT molecular complexity index is 1240. The molecule has 1 aliphatic rings. The molecule has 2 amide bonds. The SMILES string of the molecule is C[C@@H](NC(=O)[C@H](c1ccc(O)c(B2OC(C)(C)C(C)(C)O2)c1)N(C)C(=O)OCc1ccccc1)C(=O)OC(C)(C)C. The zero-order valence-electron chi connectivity index (χ0n) is 25.3. The Kier molecular flexibility index (Phi) is 9.45. The number of rotatable bonds is 8. The molecular formula is C30H41BN2O8. The third kappa shape index (κ3) is 7.80. The molecule has 222 valence electrons. The summed E-state index contributed by atoms with van der Waals surface area (Å²) in [7, 11) is 0.511. The van der Waals surface area contributed by atoms with Gasteiger partial charge in [-0.1, -0.05) is 42.5 Å². The fourth-order valence-corrected chi connectivity index (χ4v) is 4.12. The van der Waals surface area contributed by atoms with Crippen molar-refractivity contribution in [2.24, 2.45) is 0 Å². The van der Waals surface area contributed by atoms with Crippen molar-refractivity contribution in [1.29, 1.82) is 0 Å². The fourth-order valence-electron chi connectivity index (χ4n) is 4.12. The number of phenols is 1. The standard InChI is InChI=1S/C30H41BN2O8/c1-19(26(36)39-28(2,3)4)32-25(35)24(33(9)27(37)38-18-20-13-11-10-12-14-20)21-15-16-23(34)22(17-21)31-40-29(5,6)30(7,8)41-31/h10-17,19,24,34H,18H2,1-9H3,(H,32,35)/t19-,24+/m1/s1. The van der Waals surface area contributed by atoms with Gasteiger partial charge in [-0.05, 0) is 72.6 Å². The molecule has 0 saturated carbocycles. The Labute approximate surface area is 242 Å². The molecule has 0 spiro atoms. The van der Waals surface area contributed by atoms with Gasteiger partial charge in [-0.2, -0.15) is 0 Å². The van der Waals surface area contributed by atoms with Crippen LogP contribution < -0.4 is 10.8 Å². The van der Waals surface area contributed by atoms with E-state index in [9.17, 15) is 19.5 Å². The summed E-state index contributed by atoms with van der Waals surface area (Å²) < 4.78 is 23.1. The van der Waals surface area contributed by atoms with Crippen molar-refractivity contribution >= 4 is 30.6 Å². The normalized spacial score (nSPS) is 17.3. The second-order valence-electron chi connectivity index (χ2n) is 12.2. The first-order valence-corrected chi connectivity index (χ1v) is 13.6. The number of ether oxygens (including phenoxy) is 2. The van der Waals surface area contributed by atoms with Crippen LogP contribution in [0.15, 0.2) is 48.5 Å². The van der Waals surface area contributed by atoms with E-state index in [2.05, 4.69) is 5.32 Å². The topological polar surface area (TPSA) is 124 Å². The van der Waals surface area contributed by atoms with Crippen LogP contribution in [0.5, 0.6) is 5.75 Å². The molecule has 2 aromatic rings. The molecule has 0 unspecified atom stereocenters. The summed E-state index contributed by atoms with van der Waals surface area (Å²) in [5.41, 5.74) is -0.662. The van der Waals surface area contributed by atoms with E-state index in [-0.39, 0.29) is 12.4 Å². The van der Waals surface area contributed by atoms with Crippen LogP contribution in [0.2, 0.25) is 0 Å². The minimum Gasteiger partial charge on any atom is -0.508 e. The van der Waals surface area contributed by atoms with Gasteiger partial charge in [0.15, 0.2) is 0 Å². The first-order chi connectivity index (χ1) is 18.9. The number of nitrogens with one attached hydrogen (secondary N) is 1. The number of esters is 1. The van der Waals surface area contributed by atoms with E-state index in [0.29, 0.717) is 11.0 Å². The summed E-state index contributed by atoms with van der Waals surface area (Å²) in [6.45, 7) is 14.2. The lowest BCUT2D eigenvalue weighted by molar-refractivity contribution is -0.158. The van der Waals surface area contributed by atoms with Gasteiger partial charge in [0.25, 0.3) is 0 Å². The Balaban J connectivity index is 1.93. The number of carbonyl (C=O) groups is 3. The van der Waals surface area contributed by atoms with Gasteiger partial charge in [-0.25, -0.2) is 9.59 Å². The van der Waals surface area contributed by atoms with Crippen LogP contribution in [0.3, 0.4) is 0 Å². The van der Waals surface area contributed by atoms with Gasteiger partial charge in [0.1, 0.15) is 30.0 Å². The maximum atomic E-state index is 13.7. The highest BCUT2D eigenvalue weighted by atomic mass is 16.7. The summed E-state index contributed by atoms with van der Waals surface area (Å²) in [6, 6.07) is 11.4. The molecule has 0 bridgehead atoms. The Hall–Kier alpha value is -3.57. The molecule has 0 radical (unpaired) electrons. The third-order valence-corrected chi connectivity index (χ3v) is 7.12. The van der Waals surface area contributed by atoms with E-state index < -0.39 is 54.0 Å². The fraction of sp³-hybridized carbons (Fsp3) is 0.500. The van der Waals surface area contributed by atoms with E-state index in [1.807, 2.05) is 58.0 Å². The van der Waals surface area contributed by atoms with Gasteiger partial charge in [0.2, 0.25) is 5.91 Å². The average Bonchev–Trinajstić information content (AvgIpc) is 3.09. The predicted octanol–water partition coefficient (Wildman–Crippen LogP) is 3.85. The smallest absolute Gasteiger partial charge is 0.498 e. The minimum atomic E-state index is -1.23. The van der Waals surface area contributed by atoms with Crippen molar-refractivity contribution in [3.8, 4) is 5.75 Å². The van der Waals surface area contributed by atoms with Crippen LogP contribution in [0.1, 0.15) is 72.6 Å². The highest BCUT2D eigenvalue weighted by Crippen LogP contribution is 2.37. The van der Waals surface area contributed by atoms with Gasteiger partial charge in [-0.15, -0.1) is 0 Å². The number of hydrogen-bond acceptors (Lipinski definition) is 8. The predicted molar refractivity (Wildman–Crippen MR) is 154 cm³/mol. The number of benzene rings is 2. The maximum absolute atomic E-state index is 13.7. The molecule has 41 heavy (non-hydrogen) atoms. The van der Waals surface area contributed by atoms with Crippen molar-refractivity contribution in [3.05, 3.63) is 59.7 Å². The molecule has 2 aromatic carbocycles. The largest absolute Gasteiger partial charge is 0.508 e. The van der Waals surface area contributed by atoms with Crippen LogP contribution in [-0.4, -0.2) is 65.0 Å². The summed E-state index contributed by atoms with van der Waals surface area (Å²) >= 11 is 0. The zero-order chi connectivity index (χ0) is 30.8. The van der Waals surface area contributed by atoms with Gasteiger partial charge in [0.05, 0.1) is 11.2 Å². The number of nitrogens with zero attached hydrogens (tertiary/aromatic N) is 1. The van der Waals surface area contributed by atoms with Crippen LogP contribution in [0, 0.1) is 0 Å². The highest BCUT2D eigenvalue weighted by molar-refractivity contribution is 6.63. The van der Waals surface area contributed by atoms with Gasteiger partial charge in [-0.3, -0.25) is 9.69 Å². The first kappa shape index (κ1) is 32.0. The van der Waals surface area contributed by atoms with E-state index in [1.165, 1.54) is 26.1 Å². The Morgan fingerprint density at radius 3 is 2.17 bits per heavy atom. The van der Waals surface area contributed by atoms with Gasteiger partial charge < -0.3 is 29.2 Å². The number of likely N-dealkylation sites (N-methyl/N-ethyl adjacent to an activating group) is 1. The van der Waals surface area contributed by atoms with E-state index in [4.69, 9.17) is 18.8 Å². The second kappa shape index (κ2) is 12.1. The maximum Gasteiger partial charge on any atom is 0.498 e. The summed E-state index contributed by atoms with van der Waals surface area (Å²) in [4.78, 5) is 40.6. The zero-order valence-corrected chi connectivity index (χ0v) is 25.3. The summed E-state index contributed by atoms with van der Waals surface area (Å²) in [6.07, 6.45) is -0.760. The molecule has 3 rings (SSSR count). The lowest BCUT2D eigenvalue weighted by Crippen LogP contribution is -2.48. The lowest BCUT2D eigenvalue weighted by Gasteiger charge is -2.32. The molecular weight excluding hydrogens is 527 g/mol. The van der Waals surface area contributed by atoms with Crippen molar-refractivity contribution < 1.29 is 38.3 Å². The van der Waals surface area contributed by atoms with Crippen molar-refractivity contribution in [1.82, 2.24) is 10.2 Å². The van der Waals surface area contributed by atoms with Crippen molar-refractivity contribution in [2.75, 3.05) is 7.05 Å². The molecule has 10 nitrogen and oxygen atoms in total. The average molecular weight is 568 g/mol. The molecule has 2 N–H and O–H groups in total. The summed E-state index contributed by atoms with van der Waals surface area (Å²) in [5.74, 6) is -1.36. The van der Waals surface area contributed by atoms with Gasteiger partial charge in [0, 0.05) is 12.5 Å². The van der Waals surface area contributed by atoms with E-state index in [0.717, 1.165) is 10.5 Å². The molecule has 2 atom stereocenters. The monoisotopic (exact) mass is 568 g/mol. The van der Waals surface area contributed by atoms with Crippen molar-refractivity contribution in [2.45, 2.75) is 90.9 Å². The van der Waals surface area contributed by atoms with Crippen LogP contribution in [0.4, 0.5) is 4.79 Å². The van der Waals surface area contributed by atoms with Crippen LogP contribution in [-0.2, 0) is 35.0 Å². The number of hydrogen-bond donors (Lipinski definition) is 2. The molecule has 0 aromatic heterocycles. The number of phenolic OH excluding ortho intramolecular Hbond substituents is 1. The quantitative estimate of drug-likeness (QED) is 0.364. The molecule has 1 aliphatic heterocycles. The van der Waals surface area contributed by atoms with Gasteiger partial charge >= 0.3 is 19.2 Å². The summed E-state index contributed by atoms with van der Waals surface area (Å²) in [5, 5.41) is 13.4. The molecule has 11 heteroatoms. The number of amides is 2. The molecule has 1 heterocycles. The number of carbonyl (C=O) groups excluding carboxylic acids is 3. The highest BCUT2D eigenvalue weighted by Gasteiger charge is 2.52. The third-order valence-electron chi connectivity index (χ3n) is 7.12. The molecule has 1 fully saturated rings. The van der Waals surface area contributed by atoms with E-state index >= 15 is 0 Å². The van der Waals surface area contributed by atoms with E-state index in [1.54, 1.807) is 26.8 Å². The first-order valence-electron chi connectivity index (χ1n) is 13.6. The molecule has 1 saturated heterocycles. The molecule has 0 aliphatic carbocycles.